The third kappa shape index (κ3) is 2.18. The third-order valence-corrected chi connectivity index (χ3v) is 2.06. The van der Waals surface area contributed by atoms with Crippen LogP contribution in [-0.2, 0) is 6.54 Å². The van der Waals surface area contributed by atoms with Gasteiger partial charge in [0.15, 0.2) is 0 Å². The predicted octanol–water partition coefficient (Wildman–Crippen LogP) is 1.66. The fraction of sp³-hybridized carbons (Fsp3) is 0.400. The van der Waals surface area contributed by atoms with Crippen molar-refractivity contribution in [2.24, 2.45) is 0 Å². The number of nitrogens with one attached hydrogen (secondary N) is 1. The highest BCUT2D eigenvalue weighted by molar-refractivity contribution is 5.26. The van der Waals surface area contributed by atoms with Gasteiger partial charge in [0.1, 0.15) is 11.5 Å². The van der Waals surface area contributed by atoms with Crippen LogP contribution in [-0.4, -0.2) is 21.3 Å². The van der Waals surface area contributed by atoms with Crippen LogP contribution in [0.4, 0.5) is 5.95 Å². The SMILES string of the molecule is CCNc1nccn1Cc1cc(C)on1. The van der Waals surface area contributed by atoms with Crippen LogP contribution < -0.4 is 5.32 Å². The van der Waals surface area contributed by atoms with Gasteiger partial charge >= 0.3 is 0 Å². The smallest absolute Gasteiger partial charge is 0.203 e. The Hall–Kier alpha value is -1.78. The Kier molecular flexibility index (Phi) is 2.71. The minimum absolute atomic E-state index is 0.680. The zero-order chi connectivity index (χ0) is 10.7. The first kappa shape index (κ1) is 9.76. The lowest BCUT2D eigenvalue weighted by Crippen LogP contribution is -2.07. The Morgan fingerprint density at radius 1 is 1.53 bits per heavy atom. The van der Waals surface area contributed by atoms with Gasteiger partial charge in [-0.2, -0.15) is 0 Å². The number of imidazole rings is 1. The highest BCUT2D eigenvalue weighted by atomic mass is 16.5. The Balaban J connectivity index is 2.13. The van der Waals surface area contributed by atoms with E-state index >= 15 is 0 Å². The molecule has 0 saturated carbocycles. The van der Waals surface area contributed by atoms with Gasteiger partial charge in [-0.1, -0.05) is 5.16 Å². The highest BCUT2D eigenvalue weighted by Crippen LogP contribution is 2.09. The Morgan fingerprint density at radius 2 is 2.40 bits per heavy atom. The Bertz CT molecular complexity index is 432. The summed E-state index contributed by atoms with van der Waals surface area (Å²) in [6, 6.07) is 1.93. The van der Waals surface area contributed by atoms with Crippen molar-refractivity contribution in [1.82, 2.24) is 14.7 Å². The third-order valence-electron chi connectivity index (χ3n) is 2.06. The number of hydrogen-bond donors (Lipinski definition) is 1. The van der Waals surface area contributed by atoms with E-state index in [9.17, 15) is 0 Å². The molecule has 0 radical (unpaired) electrons. The minimum atomic E-state index is 0.680. The normalized spacial score (nSPS) is 10.5. The van der Waals surface area contributed by atoms with Crippen LogP contribution in [0.5, 0.6) is 0 Å². The van der Waals surface area contributed by atoms with Gasteiger partial charge < -0.3 is 14.4 Å². The van der Waals surface area contributed by atoms with Crippen molar-refractivity contribution in [3.8, 4) is 0 Å². The van der Waals surface area contributed by atoms with E-state index < -0.39 is 0 Å². The maximum atomic E-state index is 5.01. The van der Waals surface area contributed by atoms with Crippen LogP contribution in [0.15, 0.2) is 23.0 Å². The van der Waals surface area contributed by atoms with Crippen LogP contribution in [0.25, 0.3) is 0 Å². The molecule has 0 aliphatic heterocycles. The topological polar surface area (TPSA) is 55.9 Å². The quantitative estimate of drug-likeness (QED) is 0.826. The number of anilines is 1. The van der Waals surface area contributed by atoms with Crippen molar-refractivity contribution in [2.45, 2.75) is 20.4 Å². The molecule has 1 N–H and O–H groups in total. The first-order valence-corrected chi connectivity index (χ1v) is 4.97. The zero-order valence-corrected chi connectivity index (χ0v) is 8.90. The number of hydrogen-bond acceptors (Lipinski definition) is 4. The summed E-state index contributed by atoms with van der Waals surface area (Å²) >= 11 is 0. The van der Waals surface area contributed by atoms with Crippen molar-refractivity contribution in [3.05, 3.63) is 29.9 Å². The van der Waals surface area contributed by atoms with Crippen molar-refractivity contribution in [1.29, 1.82) is 0 Å². The Morgan fingerprint density at radius 3 is 3.07 bits per heavy atom. The standard InChI is InChI=1S/C10H14N4O/c1-3-11-10-12-4-5-14(10)7-9-6-8(2)15-13-9/h4-6H,3,7H2,1-2H3,(H,11,12). The summed E-state index contributed by atoms with van der Waals surface area (Å²) < 4.78 is 7.01. The molecule has 2 aromatic rings. The fourth-order valence-corrected chi connectivity index (χ4v) is 1.43. The molecule has 0 amide bonds. The second-order valence-corrected chi connectivity index (χ2v) is 3.34. The fourth-order valence-electron chi connectivity index (χ4n) is 1.43. The summed E-state index contributed by atoms with van der Waals surface area (Å²) in [6.45, 7) is 5.46. The lowest BCUT2D eigenvalue weighted by atomic mass is 10.4. The zero-order valence-electron chi connectivity index (χ0n) is 8.90. The highest BCUT2D eigenvalue weighted by Gasteiger charge is 2.05. The van der Waals surface area contributed by atoms with Crippen LogP contribution in [0.3, 0.4) is 0 Å². The number of aromatic nitrogens is 3. The maximum absolute atomic E-state index is 5.01. The molecule has 0 aliphatic carbocycles. The van der Waals surface area contributed by atoms with E-state index in [1.54, 1.807) is 6.20 Å². The Labute approximate surface area is 88.1 Å². The van der Waals surface area contributed by atoms with Gasteiger partial charge in [-0.05, 0) is 13.8 Å². The minimum Gasteiger partial charge on any atom is -0.361 e. The number of nitrogens with zero attached hydrogens (tertiary/aromatic N) is 3. The van der Waals surface area contributed by atoms with Gasteiger partial charge in [0, 0.05) is 25.0 Å². The molecule has 0 aromatic carbocycles. The lowest BCUT2D eigenvalue weighted by Gasteiger charge is -2.05. The summed E-state index contributed by atoms with van der Waals surface area (Å²) in [6.07, 6.45) is 3.69. The number of rotatable bonds is 4. The van der Waals surface area contributed by atoms with Crippen LogP contribution in [0.2, 0.25) is 0 Å². The molecule has 0 bridgehead atoms. The van der Waals surface area contributed by atoms with Crippen LogP contribution in [0.1, 0.15) is 18.4 Å². The molecular weight excluding hydrogens is 192 g/mol. The molecule has 2 rings (SSSR count). The van der Waals surface area contributed by atoms with Gasteiger partial charge in [0.25, 0.3) is 0 Å². The van der Waals surface area contributed by atoms with Gasteiger partial charge in [-0.15, -0.1) is 0 Å². The molecular formula is C10H14N4O. The van der Waals surface area contributed by atoms with E-state index in [0.29, 0.717) is 6.54 Å². The molecule has 0 saturated heterocycles. The van der Waals surface area contributed by atoms with Crippen molar-refractivity contribution >= 4 is 5.95 Å². The molecule has 0 unspecified atom stereocenters. The van der Waals surface area contributed by atoms with Gasteiger partial charge in [-0.3, -0.25) is 0 Å². The van der Waals surface area contributed by atoms with E-state index in [4.69, 9.17) is 4.52 Å². The van der Waals surface area contributed by atoms with Crippen LogP contribution in [0, 0.1) is 6.92 Å². The summed E-state index contributed by atoms with van der Waals surface area (Å²) in [4.78, 5) is 4.20. The van der Waals surface area contributed by atoms with Crippen LogP contribution >= 0.6 is 0 Å². The molecule has 2 aromatic heterocycles. The second-order valence-electron chi connectivity index (χ2n) is 3.34. The molecule has 15 heavy (non-hydrogen) atoms. The molecule has 0 spiro atoms. The number of aryl methyl sites for hydroxylation is 1. The lowest BCUT2D eigenvalue weighted by molar-refractivity contribution is 0.389. The second kappa shape index (κ2) is 4.16. The summed E-state index contributed by atoms with van der Waals surface area (Å²) in [5.74, 6) is 1.69. The molecule has 0 atom stereocenters. The molecule has 0 aliphatic rings. The van der Waals surface area contributed by atoms with Gasteiger partial charge in [0.2, 0.25) is 5.95 Å². The van der Waals surface area contributed by atoms with E-state index in [-0.39, 0.29) is 0 Å². The first-order valence-electron chi connectivity index (χ1n) is 4.97. The molecule has 2 heterocycles. The van der Waals surface area contributed by atoms with Crippen molar-refractivity contribution < 1.29 is 4.52 Å². The predicted molar refractivity (Wildman–Crippen MR) is 56.7 cm³/mol. The van der Waals surface area contributed by atoms with E-state index in [1.807, 2.05) is 30.7 Å². The summed E-state index contributed by atoms with van der Waals surface area (Å²) in [5.41, 5.74) is 0.907. The van der Waals surface area contributed by atoms with Gasteiger partial charge in [-0.25, -0.2) is 4.98 Å². The van der Waals surface area contributed by atoms with Gasteiger partial charge in [0.05, 0.1) is 6.54 Å². The monoisotopic (exact) mass is 206 g/mol. The van der Waals surface area contributed by atoms with Crippen molar-refractivity contribution in [3.63, 3.8) is 0 Å². The average molecular weight is 206 g/mol. The van der Waals surface area contributed by atoms with E-state index in [2.05, 4.69) is 15.5 Å². The molecule has 80 valence electrons. The maximum Gasteiger partial charge on any atom is 0.203 e. The van der Waals surface area contributed by atoms with E-state index in [1.165, 1.54) is 0 Å². The molecule has 0 fully saturated rings. The van der Waals surface area contributed by atoms with E-state index in [0.717, 1.165) is 23.9 Å². The largest absolute Gasteiger partial charge is 0.361 e. The summed E-state index contributed by atoms with van der Waals surface area (Å²) in [5, 5.41) is 7.12. The molecule has 5 nitrogen and oxygen atoms in total. The average Bonchev–Trinajstić information content (AvgIpc) is 2.78. The molecule has 5 heteroatoms. The van der Waals surface area contributed by atoms with Crippen molar-refractivity contribution in [2.75, 3.05) is 11.9 Å². The first-order chi connectivity index (χ1) is 7.29. The summed E-state index contributed by atoms with van der Waals surface area (Å²) in [7, 11) is 0.